The van der Waals surface area contributed by atoms with Gasteiger partial charge in [0.15, 0.2) is 0 Å². The topological polar surface area (TPSA) is 156 Å². The number of nitro benzene ring substituents is 1. The molecular weight excluding hydrogens is 813 g/mol. The molecule has 1 saturated heterocycles. The molecule has 0 aromatic heterocycles. The van der Waals surface area contributed by atoms with Gasteiger partial charge in [-0.25, -0.2) is 0 Å². The number of hydrogen-bond donors (Lipinski definition) is 2. The van der Waals surface area contributed by atoms with Crippen LogP contribution in [0.5, 0.6) is 11.5 Å². The number of oxime groups is 1. The van der Waals surface area contributed by atoms with E-state index in [1.165, 1.54) is 50.7 Å². The number of non-ortho nitro benzene ring substituents is 1. The first-order chi connectivity index (χ1) is 31.2. The van der Waals surface area contributed by atoms with Crippen molar-refractivity contribution < 1.29 is 39.0 Å². The lowest BCUT2D eigenvalue weighted by Gasteiger charge is -2.59. The molecule has 1 amide bonds. The number of nitrogens with zero attached hydrogens (tertiary/aromatic N) is 4. The molecule has 2 N–H and O–H groups in total. The summed E-state index contributed by atoms with van der Waals surface area (Å²) in [5.74, 6) is -0.187. The van der Waals surface area contributed by atoms with Crippen LogP contribution >= 0.6 is 0 Å². The Morgan fingerprint density at radius 1 is 0.984 bits per heavy atom. The van der Waals surface area contributed by atoms with Crippen LogP contribution in [0.3, 0.4) is 0 Å². The first kappa shape index (κ1) is 49.1. The van der Waals surface area contributed by atoms with E-state index in [9.17, 15) is 25.1 Å². The van der Waals surface area contributed by atoms with Crippen molar-refractivity contribution in [2.24, 2.45) is 22.9 Å². The maximum Gasteiger partial charge on any atom is 0.269 e. The third-order valence-electron chi connectivity index (χ3n) is 13.8. The van der Waals surface area contributed by atoms with Gasteiger partial charge in [0.05, 0.1) is 23.2 Å². The van der Waals surface area contributed by atoms with Gasteiger partial charge in [0.25, 0.3) is 5.69 Å². The summed E-state index contributed by atoms with van der Waals surface area (Å²) in [4.78, 5) is 35.7. The Hall–Kier alpha value is -4.30. The molecular formula is C51H74N4O9. The molecule has 0 radical (unpaired) electrons. The molecule has 6 atom stereocenters. The molecule has 2 heterocycles. The maximum absolute atomic E-state index is 14.4. The zero-order valence-corrected chi connectivity index (χ0v) is 38.5. The highest BCUT2D eigenvalue weighted by atomic mass is 16.7. The van der Waals surface area contributed by atoms with Crippen LogP contribution in [0, 0.1) is 27.9 Å². The van der Waals surface area contributed by atoms with E-state index in [2.05, 4.69) is 30.5 Å². The fraction of sp³-hybridized carbons (Fsp3) is 0.647. The molecule has 352 valence electrons. The highest BCUT2D eigenvalue weighted by molar-refractivity contribution is 6.03. The van der Waals surface area contributed by atoms with Crippen LogP contribution < -0.4 is 9.47 Å². The van der Waals surface area contributed by atoms with Gasteiger partial charge in [0.2, 0.25) is 11.7 Å². The Bertz CT molecular complexity index is 1870. The summed E-state index contributed by atoms with van der Waals surface area (Å²) < 4.78 is 20.8. The molecule has 13 nitrogen and oxygen atoms in total. The number of carbonyl (C=O) groups is 1. The Kier molecular flexibility index (Phi) is 19.1. The van der Waals surface area contributed by atoms with Crippen molar-refractivity contribution in [3.8, 4) is 11.5 Å². The second kappa shape index (κ2) is 24.8. The van der Waals surface area contributed by atoms with Crippen molar-refractivity contribution in [1.29, 1.82) is 0 Å². The van der Waals surface area contributed by atoms with Crippen molar-refractivity contribution in [3.05, 3.63) is 88.0 Å². The molecule has 2 aromatic carbocycles. The van der Waals surface area contributed by atoms with E-state index >= 15 is 0 Å². The van der Waals surface area contributed by atoms with Crippen LogP contribution in [0.4, 0.5) is 5.69 Å². The summed E-state index contributed by atoms with van der Waals surface area (Å²) in [6.07, 6.45) is 19.9. The summed E-state index contributed by atoms with van der Waals surface area (Å²) in [6, 6.07) is 11.8. The average Bonchev–Trinajstić information content (AvgIpc) is 4.13. The number of aliphatic hydroxyl groups excluding tert-OH is 2. The highest BCUT2D eigenvalue weighted by Crippen LogP contribution is 2.62. The summed E-state index contributed by atoms with van der Waals surface area (Å²) >= 11 is 0. The van der Waals surface area contributed by atoms with E-state index in [0.717, 1.165) is 87.0 Å². The van der Waals surface area contributed by atoms with Crippen molar-refractivity contribution in [2.45, 2.75) is 140 Å². The van der Waals surface area contributed by atoms with Crippen LogP contribution in [-0.2, 0) is 21.0 Å². The van der Waals surface area contributed by atoms with E-state index < -0.39 is 22.7 Å². The Morgan fingerprint density at radius 2 is 1.69 bits per heavy atom. The van der Waals surface area contributed by atoms with Gasteiger partial charge in [0, 0.05) is 76.4 Å². The first-order valence-electron chi connectivity index (χ1n) is 24.3. The summed E-state index contributed by atoms with van der Waals surface area (Å²) in [7, 11) is 1.86. The lowest BCUT2D eigenvalue weighted by atomic mass is 9.55. The minimum atomic E-state index is -1.31. The van der Waals surface area contributed by atoms with Crippen LogP contribution in [0.25, 0.3) is 0 Å². The molecule has 2 fully saturated rings. The van der Waals surface area contributed by atoms with Gasteiger partial charge in [-0.2, -0.15) is 0 Å². The van der Waals surface area contributed by atoms with E-state index in [0.29, 0.717) is 43.8 Å². The van der Waals surface area contributed by atoms with Gasteiger partial charge in [-0.3, -0.25) is 19.8 Å². The van der Waals surface area contributed by atoms with Gasteiger partial charge in [-0.15, -0.1) is 6.58 Å². The molecule has 2 aliphatic carbocycles. The van der Waals surface area contributed by atoms with Crippen molar-refractivity contribution in [2.75, 3.05) is 53.1 Å². The van der Waals surface area contributed by atoms with Crippen LogP contribution in [-0.4, -0.2) is 101 Å². The second-order valence-corrected chi connectivity index (χ2v) is 18.2. The van der Waals surface area contributed by atoms with Crippen molar-refractivity contribution >= 4 is 17.3 Å². The van der Waals surface area contributed by atoms with Gasteiger partial charge < -0.3 is 34.2 Å². The third-order valence-corrected chi connectivity index (χ3v) is 13.8. The van der Waals surface area contributed by atoms with Crippen molar-refractivity contribution in [1.82, 2.24) is 9.80 Å². The van der Waals surface area contributed by atoms with Gasteiger partial charge in [-0.1, -0.05) is 88.4 Å². The lowest BCUT2D eigenvalue weighted by Crippen LogP contribution is -2.69. The zero-order valence-electron chi connectivity index (χ0n) is 38.5. The number of aliphatic hydroxyl groups is 2. The number of carbonyl (C=O) groups excluding carboxylic acids is 1. The number of likely N-dealkylation sites (N-methyl/N-ethyl adjacent to an activating group) is 1. The highest BCUT2D eigenvalue weighted by Gasteiger charge is 2.65. The first-order valence-corrected chi connectivity index (χ1v) is 24.3. The smallest absolute Gasteiger partial charge is 0.269 e. The predicted molar refractivity (Wildman–Crippen MR) is 249 cm³/mol. The molecule has 0 bridgehead atoms. The number of hydrogen-bond acceptors (Lipinski definition) is 11. The lowest BCUT2D eigenvalue weighted by molar-refractivity contribution is -0.384. The standard InChI is InChI=1S/C51H74N4O9/c1-4-6-7-8-9-10-11-12-13-20-48(58)53(3)47-36-45(52-63-37-38-21-23-40(24-22-38)55(59)60)43-34-39(18-14-16-30-56)42(19-15-17-31-57)49-44-35-41(61-33-29-54-27-28-54)25-26-46(44)64-51(47,50(43)49)62-32-5-2/h5,21-26,34-35,39,42,47,49-50,56-57H,2,4,6-20,27-33,36-37H2,1,3H3. The fourth-order valence-electron chi connectivity index (χ4n) is 10.2. The van der Waals surface area contributed by atoms with Crippen molar-refractivity contribution in [3.63, 3.8) is 0 Å². The number of amides is 1. The number of rotatable bonds is 30. The SMILES string of the molecule is C=CCOC12Oc3ccc(OCCN4CC4)cc3C3C(CCCCO)C(CCCCO)C=C(C(=NOCc4ccc([N+](=O)[O-])cc4)CC1N(C)C(=O)CCCCCCCCCCC)C32. The summed E-state index contributed by atoms with van der Waals surface area (Å²) in [5.41, 5.74) is 3.43. The Labute approximate surface area is 381 Å². The number of ether oxygens (including phenoxy) is 3. The molecule has 64 heavy (non-hydrogen) atoms. The van der Waals surface area contributed by atoms with E-state index in [1.807, 2.05) is 24.1 Å². The van der Waals surface area contributed by atoms with Gasteiger partial charge >= 0.3 is 0 Å². The van der Waals surface area contributed by atoms with E-state index in [-0.39, 0.29) is 55.8 Å². The maximum atomic E-state index is 14.4. The van der Waals surface area contributed by atoms with Crippen LogP contribution in [0.2, 0.25) is 0 Å². The minimum Gasteiger partial charge on any atom is -0.492 e. The molecule has 1 saturated carbocycles. The Balaban J connectivity index is 1.40. The number of fused-ring (bicyclic) bond motifs is 2. The van der Waals surface area contributed by atoms with E-state index in [4.69, 9.17) is 24.2 Å². The summed E-state index contributed by atoms with van der Waals surface area (Å²) in [5, 5.41) is 36.1. The Morgan fingerprint density at radius 3 is 2.36 bits per heavy atom. The molecule has 13 heteroatoms. The molecule has 2 aliphatic heterocycles. The zero-order chi connectivity index (χ0) is 45.3. The number of benzene rings is 2. The van der Waals surface area contributed by atoms with Gasteiger partial charge in [-0.05, 0) is 85.4 Å². The number of nitro groups is 1. The molecule has 4 aliphatic rings. The minimum absolute atomic E-state index is 0.00202. The normalized spacial score (nSPS) is 24.0. The van der Waals surface area contributed by atoms with E-state index in [1.54, 1.807) is 18.2 Å². The molecule has 6 unspecified atom stereocenters. The fourth-order valence-corrected chi connectivity index (χ4v) is 10.2. The number of unbranched alkanes of at least 4 members (excludes halogenated alkanes) is 10. The molecule has 6 rings (SSSR count). The number of allylic oxidation sites excluding steroid dienone is 1. The largest absolute Gasteiger partial charge is 0.492 e. The summed E-state index contributed by atoms with van der Waals surface area (Å²) in [6.45, 7) is 10.4. The predicted octanol–water partition coefficient (Wildman–Crippen LogP) is 9.50. The second-order valence-electron chi connectivity index (χ2n) is 18.2. The molecule has 2 aromatic rings. The van der Waals surface area contributed by atoms with Gasteiger partial charge in [0.1, 0.15) is 30.8 Å². The van der Waals surface area contributed by atoms with Crippen LogP contribution in [0.1, 0.15) is 133 Å². The third kappa shape index (κ3) is 12.7. The molecule has 0 spiro atoms. The quantitative estimate of drug-likeness (QED) is 0.0255. The average molecular weight is 887 g/mol. The monoisotopic (exact) mass is 887 g/mol. The van der Waals surface area contributed by atoms with Crippen LogP contribution in [0.15, 0.2) is 71.9 Å².